The van der Waals surface area contributed by atoms with E-state index in [9.17, 15) is 14.7 Å². The summed E-state index contributed by atoms with van der Waals surface area (Å²) >= 11 is 5.94. The molecular formula is C23H14ClNO5. The number of aromatic nitrogens is 1. The second-order valence-corrected chi connectivity index (χ2v) is 7.44. The molecule has 4 aromatic rings. The predicted molar refractivity (Wildman–Crippen MR) is 111 cm³/mol. The average Bonchev–Trinajstić information content (AvgIpc) is 2.74. The van der Waals surface area contributed by atoms with Gasteiger partial charge in [0.25, 0.3) is 0 Å². The zero-order valence-electron chi connectivity index (χ0n) is 15.5. The number of halogens is 1. The molecule has 0 bridgehead atoms. The number of benzene rings is 2. The lowest BCUT2D eigenvalue weighted by atomic mass is 9.85. The number of pyridine rings is 1. The second kappa shape index (κ2) is 7.00. The fourth-order valence-electron chi connectivity index (χ4n) is 3.84. The Bertz CT molecular complexity index is 1350. The second-order valence-electron chi connectivity index (χ2n) is 7.01. The Morgan fingerprint density at radius 2 is 1.80 bits per heavy atom. The first-order valence-corrected chi connectivity index (χ1v) is 9.58. The molecule has 1 atom stereocenters. The number of phenolic OH excluding ortho intramolecular Hbond substituents is 1. The van der Waals surface area contributed by atoms with E-state index in [4.69, 9.17) is 20.8 Å². The van der Waals surface area contributed by atoms with Crippen LogP contribution in [0.3, 0.4) is 0 Å². The van der Waals surface area contributed by atoms with E-state index < -0.39 is 11.9 Å². The first-order valence-electron chi connectivity index (χ1n) is 9.21. The Labute approximate surface area is 175 Å². The van der Waals surface area contributed by atoms with Crippen LogP contribution in [0, 0.1) is 0 Å². The van der Waals surface area contributed by atoms with Crippen molar-refractivity contribution in [3.63, 3.8) is 0 Å². The van der Waals surface area contributed by atoms with Crippen molar-refractivity contribution in [2.45, 2.75) is 12.3 Å². The highest BCUT2D eigenvalue weighted by Gasteiger charge is 2.33. The minimum absolute atomic E-state index is 0.0400. The number of fused-ring (bicyclic) bond motifs is 3. The average molecular weight is 420 g/mol. The fraction of sp³-hybridized carbons (Fsp3) is 0.0870. The van der Waals surface area contributed by atoms with Gasteiger partial charge in [-0.15, -0.1) is 0 Å². The molecule has 0 fully saturated rings. The van der Waals surface area contributed by atoms with Crippen molar-refractivity contribution in [2.75, 3.05) is 0 Å². The van der Waals surface area contributed by atoms with Crippen molar-refractivity contribution in [1.29, 1.82) is 0 Å². The van der Waals surface area contributed by atoms with Gasteiger partial charge in [0.2, 0.25) is 5.43 Å². The molecule has 3 heterocycles. The Balaban J connectivity index is 1.79. The molecule has 2 aromatic heterocycles. The van der Waals surface area contributed by atoms with Crippen LogP contribution >= 0.6 is 11.6 Å². The first-order chi connectivity index (χ1) is 14.5. The van der Waals surface area contributed by atoms with E-state index in [0.717, 1.165) is 5.56 Å². The Morgan fingerprint density at radius 3 is 2.53 bits per heavy atom. The maximum absolute atomic E-state index is 13.3. The van der Waals surface area contributed by atoms with Gasteiger partial charge in [0, 0.05) is 35.0 Å². The number of aromatic hydroxyl groups is 1. The van der Waals surface area contributed by atoms with Gasteiger partial charge in [-0.1, -0.05) is 23.7 Å². The molecule has 0 spiro atoms. The van der Waals surface area contributed by atoms with E-state index in [0.29, 0.717) is 21.7 Å². The van der Waals surface area contributed by atoms with Gasteiger partial charge in [-0.05, 0) is 35.4 Å². The number of esters is 1. The molecule has 148 valence electrons. The van der Waals surface area contributed by atoms with Crippen LogP contribution in [-0.4, -0.2) is 16.1 Å². The van der Waals surface area contributed by atoms with Crippen LogP contribution in [0.1, 0.15) is 23.5 Å². The topological polar surface area (TPSA) is 89.6 Å². The number of carbonyl (C=O) groups is 1. The van der Waals surface area contributed by atoms with Crippen molar-refractivity contribution >= 4 is 28.5 Å². The van der Waals surface area contributed by atoms with E-state index in [1.165, 1.54) is 12.3 Å². The zero-order chi connectivity index (χ0) is 20.8. The summed E-state index contributed by atoms with van der Waals surface area (Å²) in [5.74, 6) is -0.947. The summed E-state index contributed by atoms with van der Waals surface area (Å²) in [5.41, 5.74) is 2.10. The lowest BCUT2D eigenvalue weighted by Gasteiger charge is -2.25. The van der Waals surface area contributed by atoms with Gasteiger partial charge >= 0.3 is 5.97 Å². The third-order valence-corrected chi connectivity index (χ3v) is 5.49. The molecule has 5 rings (SSSR count). The molecule has 1 N–H and O–H groups in total. The summed E-state index contributed by atoms with van der Waals surface area (Å²) in [4.78, 5) is 29.4. The van der Waals surface area contributed by atoms with Gasteiger partial charge in [-0.3, -0.25) is 14.6 Å². The lowest BCUT2D eigenvalue weighted by molar-refractivity contribution is -0.135. The fourth-order valence-corrected chi connectivity index (χ4v) is 3.97. The summed E-state index contributed by atoms with van der Waals surface area (Å²) in [7, 11) is 0. The summed E-state index contributed by atoms with van der Waals surface area (Å²) in [5, 5.41) is 11.2. The molecule has 0 aliphatic carbocycles. The normalized spacial score (nSPS) is 15.6. The molecule has 30 heavy (non-hydrogen) atoms. The molecule has 1 unspecified atom stereocenters. The van der Waals surface area contributed by atoms with Gasteiger partial charge in [0.1, 0.15) is 28.7 Å². The van der Waals surface area contributed by atoms with Gasteiger partial charge in [0.05, 0.1) is 12.0 Å². The van der Waals surface area contributed by atoms with Crippen LogP contribution in [0.4, 0.5) is 0 Å². The number of carbonyl (C=O) groups excluding carboxylic acids is 1. The van der Waals surface area contributed by atoms with Crippen LogP contribution in [0.25, 0.3) is 22.1 Å². The van der Waals surface area contributed by atoms with E-state index in [1.807, 2.05) is 0 Å². The minimum atomic E-state index is -0.428. The monoisotopic (exact) mass is 419 g/mol. The Kier molecular flexibility index (Phi) is 4.29. The Hall–Kier alpha value is -3.64. The van der Waals surface area contributed by atoms with E-state index in [2.05, 4.69) is 4.98 Å². The number of rotatable bonds is 2. The Morgan fingerprint density at radius 1 is 1.07 bits per heavy atom. The molecule has 1 aliphatic rings. The quantitative estimate of drug-likeness (QED) is 0.375. The van der Waals surface area contributed by atoms with Gasteiger partial charge in [-0.25, -0.2) is 0 Å². The SMILES string of the molecule is O=C1CC(c2ccncc2)c2c(cc(O)c3c(=O)c(-c4ccc(Cl)cc4)coc23)O1. The number of nitrogens with zero attached hydrogens (tertiary/aromatic N) is 1. The number of hydrogen-bond acceptors (Lipinski definition) is 6. The molecule has 0 amide bonds. The first kappa shape index (κ1) is 18.4. The van der Waals surface area contributed by atoms with Crippen molar-refractivity contribution < 1.29 is 19.1 Å². The molecule has 0 saturated carbocycles. The van der Waals surface area contributed by atoms with Crippen molar-refractivity contribution in [3.8, 4) is 22.6 Å². The highest BCUT2D eigenvalue weighted by Crippen LogP contribution is 2.45. The molecule has 7 heteroatoms. The lowest BCUT2D eigenvalue weighted by Crippen LogP contribution is -2.22. The predicted octanol–water partition coefficient (Wildman–Crippen LogP) is 4.66. The summed E-state index contributed by atoms with van der Waals surface area (Å²) < 4.78 is 11.2. The van der Waals surface area contributed by atoms with Crippen molar-refractivity contribution in [1.82, 2.24) is 4.98 Å². The van der Waals surface area contributed by atoms with Crippen LogP contribution in [0.5, 0.6) is 11.5 Å². The van der Waals surface area contributed by atoms with E-state index in [-0.39, 0.29) is 34.3 Å². The molecular weight excluding hydrogens is 406 g/mol. The van der Waals surface area contributed by atoms with Crippen molar-refractivity contribution in [2.24, 2.45) is 0 Å². The molecule has 6 nitrogen and oxygen atoms in total. The number of ether oxygens (including phenoxy) is 1. The molecule has 0 saturated heterocycles. The van der Waals surface area contributed by atoms with Crippen LogP contribution in [0.2, 0.25) is 5.02 Å². The molecule has 2 aromatic carbocycles. The van der Waals surface area contributed by atoms with E-state index in [1.54, 1.807) is 48.8 Å². The maximum Gasteiger partial charge on any atom is 0.312 e. The summed E-state index contributed by atoms with van der Waals surface area (Å²) in [6, 6.07) is 11.6. The smallest absolute Gasteiger partial charge is 0.312 e. The van der Waals surface area contributed by atoms with Gasteiger partial charge < -0.3 is 14.3 Å². The van der Waals surface area contributed by atoms with Crippen LogP contribution in [-0.2, 0) is 4.79 Å². The maximum atomic E-state index is 13.3. The molecule has 1 aliphatic heterocycles. The summed E-state index contributed by atoms with van der Waals surface area (Å²) in [6.45, 7) is 0. The van der Waals surface area contributed by atoms with E-state index >= 15 is 0 Å². The van der Waals surface area contributed by atoms with Crippen molar-refractivity contribution in [3.05, 3.63) is 87.5 Å². The standard InChI is InChI=1S/C23H14ClNO5/c24-14-3-1-12(2-4-14)16-11-29-23-20-15(13-5-7-25-8-6-13)9-19(27)30-18(20)10-17(26)21(23)22(16)28/h1-8,10-11,15,26H,9H2. The third-order valence-electron chi connectivity index (χ3n) is 5.23. The van der Waals surface area contributed by atoms with Crippen LogP contribution in [0.15, 0.2) is 70.3 Å². The highest BCUT2D eigenvalue weighted by molar-refractivity contribution is 6.30. The summed E-state index contributed by atoms with van der Waals surface area (Å²) in [6.07, 6.45) is 4.70. The van der Waals surface area contributed by atoms with Gasteiger partial charge in [-0.2, -0.15) is 0 Å². The number of phenols is 1. The van der Waals surface area contributed by atoms with Crippen LogP contribution < -0.4 is 10.2 Å². The largest absolute Gasteiger partial charge is 0.507 e. The third kappa shape index (κ3) is 2.93. The zero-order valence-corrected chi connectivity index (χ0v) is 16.2. The number of hydrogen-bond donors (Lipinski definition) is 1. The molecule has 0 radical (unpaired) electrons. The minimum Gasteiger partial charge on any atom is -0.507 e. The highest BCUT2D eigenvalue weighted by atomic mass is 35.5. The van der Waals surface area contributed by atoms with Gasteiger partial charge in [0.15, 0.2) is 0 Å².